The van der Waals surface area contributed by atoms with Crippen LogP contribution in [-0.4, -0.2) is 24.1 Å². The van der Waals surface area contributed by atoms with E-state index in [1.807, 2.05) is 25.2 Å². The zero-order valence-electron chi connectivity index (χ0n) is 10.6. The molecule has 84 valence electrons. The molecule has 0 fully saturated rings. The summed E-state index contributed by atoms with van der Waals surface area (Å²) in [6.45, 7) is 8.71. The Morgan fingerprint density at radius 3 is 2.07 bits per heavy atom. The van der Waals surface area contributed by atoms with Gasteiger partial charge >= 0.3 is 0 Å². The van der Waals surface area contributed by atoms with Gasteiger partial charge in [0.2, 0.25) is 5.95 Å². The largest absolute Gasteiger partial charge is 0.347 e. The van der Waals surface area contributed by atoms with Crippen LogP contribution in [0.2, 0.25) is 0 Å². The van der Waals surface area contributed by atoms with Gasteiger partial charge in [0.1, 0.15) is 0 Å². The minimum absolute atomic E-state index is 0.448. The molecule has 0 spiro atoms. The van der Waals surface area contributed by atoms with E-state index in [0.717, 1.165) is 5.95 Å². The maximum Gasteiger partial charge on any atom is 0.225 e. The molecule has 3 nitrogen and oxygen atoms in total. The van der Waals surface area contributed by atoms with Gasteiger partial charge in [-0.15, -0.1) is 0 Å². The van der Waals surface area contributed by atoms with E-state index in [1.165, 1.54) is 11.3 Å². The van der Waals surface area contributed by atoms with Crippen molar-refractivity contribution in [3.63, 3.8) is 0 Å². The Balaban J connectivity index is 3.21. The molecular formula is C12H21N3. The number of hydrogen-bond donors (Lipinski definition) is 0. The van der Waals surface area contributed by atoms with Crippen molar-refractivity contribution in [1.82, 2.24) is 9.97 Å². The van der Waals surface area contributed by atoms with Gasteiger partial charge in [-0.2, -0.15) is 0 Å². The van der Waals surface area contributed by atoms with E-state index in [2.05, 4.69) is 37.7 Å². The number of aromatic nitrogens is 2. The molecular weight excluding hydrogens is 186 g/mol. The van der Waals surface area contributed by atoms with Crippen LogP contribution >= 0.6 is 0 Å². The van der Waals surface area contributed by atoms with E-state index in [-0.39, 0.29) is 0 Å². The summed E-state index contributed by atoms with van der Waals surface area (Å²) in [7, 11) is 3.93. The summed E-state index contributed by atoms with van der Waals surface area (Å²) < 4.78 is 0. The van der Waals surface area contributed by atoms with Gasteiger partial charge in [-0.1, -0.05) is 27.7 Å². The monoisotopic (exact) mass is 207 g/mol. The topological polar surface area (TPSA) is 29.0 Å². The van der Waals surface area contributed by atoms with Crippen LogP contribution in [-0.2, 0) is 0 Å². The Bertz CT molecular complexity index is 330. The molecule has 1 aromatic heterocycles. The molecule has 1 rings (SSSR count). The maximum absolute atomic E-state index is 4.61. The van der Waals surface area contributed by atoms with Crippen LogP contribution in [0.25, 0.3) is 0 Å². The number of rotatable bonds is 3. The predicted molar refractivity (Wildman–Crippen MR) is 64.5 cm³/mol. The second kappa shape index (κ2) is 4.60. The summed E-state index contributed by atoms with van der Waals surface area (Å²) in [5, 5.41) is 0. The highest BCUT2D eigenvalue weighted by molar-refractivity contribution is 5.33. The van der Waals surface area contributed by atoms with Crippen molar-refractivity contribution in [2.75, 3.05) is 19.0 Å². The van der Waals surface area contributed by atoms with Gasteiger partial charge in [0.05, 0.1) is 5.69 Å². The lowest BCUT2D eigenvalue weighted by Gasteiger charge is -2.17. The first-order chi connectivity index (χ1) is 6.93. The van der Waals surface area contributed by atoms with E-state index in [0.29, 0.717) is 11.8 Å². The summed E-state index contributed by atoms with van der Waals surface area (Å²) >= 11 is 0. The molecule has 3 heteroatoms. The first kappa shape index (κ1) is 12.0. The highest BCUT2D eigenvalue weighted by atomic mass is 15.2. The minimum atomic E-state index is 0.448. The van der Waals surface area contributed by atoms with Gasteiger partial charge in [-0.3, -0.25) is 0 Å². The van der Waals surface area contributed by atoms with Crippen molar-refractivity contribution < 1.29 is 0 Å². The molecule has 0 amide bonds. The SMILES string of the molecule is CC(C)c1cnc(N(C)C)nc1C(C)C. The average Bonchev–Trinajstić information content (AvgIpc) is 2.16. The van der Waals surface area contributed by atoms with Crippen molar-refractivity contribution in [2.24, 2.45) is 0 Å². The van der Waals surface area contributed by atoms with Crippen LogP contribution < -0.4 is 4.90 Å². The van der Waals surface area contributed by atoms with Crippen molar-refractivity contribution in [3.05, 3.63) is 17.5 Å². The Kier molecular flexibility index (Phi) is 3.66. The molecule has 0 aliphatic heterocycles. The second-order valence-electron chi connectivity index (χ2n) is 4.71. The molecule has 0 N–H and O–H groups in total. The van der Waals surface area contributed by atoms with Gasteiger partial charge in [0, 0.05) is 20.3 Å². The van der Waals surface area contributed by atoms with E-state index in [4.69, 9.17) is 0 Å². The van der Waals surface area contributed by atoms with Gasteiger partial charge in [0.25, 0.3) is 0 Å². The smallest absolute Gasteiger partial charge is 0.225 e. The van der Waals surface area contributed by atoms with Crippen LogP contribution in [0, 0.1) is 0 Å². The van der Waals surface area contributed by atoms with Crippen LogP contribution in [0.4, 0.5) is 5.95 Å². The fraction of sp³-hybridized carbons (Fsp3) is 0.667. The fourth-order valence-corrected chi connectivity index (χ4v) is 1.52. The van der Waals surface area contributed by atoms with Crippen LogP contribution in [0.15, 0.2) is 6.20 Å². The molecule has 0 saturated carbocycles. The van der Waals surface area contributed by atoms with Crippen LogP contribution in [0.1, 0.15) is 50.8 Å². The fourth-order valence-electron chi connectivity index (χ4n) is 1.52. The lowest BCUT2D eigenvalue weighted by atomic mass is 9.97. The summed E-state index contributed by atoms with van der Waals surface area (Å²) in [5.41, 5.74) is 2.43. The second-order valence-corrected chi connectivity index (χ2v) is 4.71. The van der Waals surface area contributed by atoms with Gasteiger partial charge < -0.3 is 4.90 Å². The normalized spacial score (nSPS) is 11.2. The Labute approximate surface area is 92.6 Å². The average molecular weight is 207 g/mol. The minimum Gasteiger partial charge on any atom is -0.347 e. The number of hydrogen-bond acceptors (Lipinski definition) is 3. The Hall–Kier alpha value is -1.12. The van der Waals surface area contributed by atoms with E-state index < -0.39 is 0 Å². The number of anilines is 1. The third-order valence-electron chi connectivity index (χ3n) is 2.40. The molecule has 1 aromatic rings. The highest BCUT2D eigenvalue weighted by Crippen LogP contribution is 2.24. The Morgan fingerprint density at radius 1 is 1.07 bits per heavy atom. The maximum atomic E-state index is 4.61. The third kappa shape index (κ3) is 2.67. The first-order valence-corrected chi connectivity index (χ1v) is 5.47. The summed E-state index contributed by atoms with van der Waals surface area (Å²) in [4.78, 5) is 10.9. The van der Waals surface area contributed by atoms with Crippen molar-refractivity contribution in [3.8, 4) is 0 Å². The van der Waals surface area contributed by atoms with Gasteiger partial charge in [0.15, 0.2) is 0 Å². The molecule has 15 heavy (non-hydrogen) atoms. The zero-order chi connectivity index (χ0) is 11.6. The molecule has 0 bridgehead atoms. The molecule has 0 radical (unpaired) electrons. The molecule has 0 saturated heterocycles. The molecule has 1 heterocycles. The molecule has 0 atom stereocenters. The van der Waals surface area contributed by atoms with E-state index >= 15 is 0 Å². The van der Waals surface area contributed by atoms with Crippen LogP contribution in [0.3, 0.4) is 0 Å². The lowest BCUT2D eigenvalue weighted by Crippen LogP contribution is -2.15. The van der Waals surface area contributed by atoms with Crippen molar-refractivity contribution in [2.45, 2.75) is 39.5 Å². The molecule has 0 aromatic carbocycles. The molecule has 0 aliphatic carbocycles. The lowest BCUT2D eigenvalue weighted by molar-refractivity contribution is 0.742. The summed E-state index contributed by atoms with van der Waals surface area (Å²) in [5.74, 6) is 1.73. The van der Waals surface area contributed by atoms with Crippen LogP contribution in [0.5, 0.6) is 0 Å². The highest BCUT2D eigenvalue weighted by Gasteiger charge is 2.13. The summed E-state index contributed by atoms with van der Waals surface area (Å²) in [6.07, 6.45) is 1.96. The van der Waals surface area contributed by atoms with E-state index in [9.17, 15) is 0 Å². The standard InChI is InChI=1S/C12H21N3/c1-8(2)10-7-13-12(15(5)6)14-11(10)9(3)4/h7-9H,1-6H3. The summed E-state index contributed by atoms with van der Waals surface area (Å²) in [6, 6.07) is 0. The Morgan fingerprint density at radius 2 is 1.67 bits per heavy atom. The van der Waals surface area contributed by atoms with E-state index in [1.54, 1.807) is 0 Å². The van der Waals surface area contributed by atoms with Crippen molar-refractivity contribution in [1.29, 1.82) is 0 Å². The zero-order valence-corrected chi connectivity index (χ0v) is 10.6. The molecule has 0 unspecified atom stereocenters. The third-order valence-corrected chi connectivity index (χ3v) is 2.40. The quantitative estimate of drug-likeness (QED) is 0.763. The van der Waals surface area contributed by atoms with Gasteiger partial charge in [-0.05, 0) is 17.4 Å². The number of nitrogens with zero attached hydrogens (tertiary/aromatic N) is 3. The van der Waals surface area contributed by atoms with Crippen molar-refractivity contribution >= 4 is 5.95 Å². The predicted octanol–water partition coefficient (Wildman–Crippen LogP) is 2.79. The molecule has 0 aliphatic rings. The first-order valence-electron chi connectivity index (χ1n) is 5.47. The van der Waals surface area contributed by atoms with Gasteiger partial charge in [-0.25, -0.2) is 9.97 Å².